The second-order valence-electron chi connectivity index (χ2n) is 4.66. The van der Waals surface area contributed by atoms with Gasteiger partial charge in [-0.25, -0.2) is 0 Å². The highest BCUT2D eigenvalue weighted by Crippen LogP contribution is 2.26. The predicted octanol–water partition coefficient (Wildman–Crippen LogP) is 2.62. The Morgan fingerprint density at radius 2 is 1.93 bits per heavy atom. The standard InChI is InChI=1S/C12H20N2/c1-9-5-6-10(12(2,3)4)7-11(9)14-8-13/h5-7,14H,8,13H2,1-4H3. The van der Waals surface area contributed by atoms with Crippen LogP contribution in [-0.4, -0.2) is 6.67 Å². The summed E-state index contributed by atoms with van der Waals surface area (Å²) in [6.45, 7) is 9.20. The Morgan fingerprint density at radius 3 is 2.43 bits per heavy atom. The second kappa shape index (κ2) is 4.01. The Hall–Kier alpha value is -1.02. The van der Waals surface area contributed by atoms with Gasteiger partial charge in [0.05, 0.1) is 6.67 Å². The lowest BCUT2D eigenvalue weighted by Crippen LogP contribution is -2.15. The highest BCUT2D eigenvalue weighted by molar-refractivity contribution is 5.53. The predicted molar refractivity (Wildman–Crippen MR) is 62.6 cm³/mol. The molecule has 3 N–H and O–H groups in total. The first-order valence-electron chi connectivity index (χ1n) is 5.00. The molecule has 0 saturated heterocycles. The second-order valence-corrected chi connectivity index (χ2v) is 4.66. The molecular formula is C12H20N2. The van der Waals surface area contributed by atoms with Crippen molar-refractivity contribution in [3.05, 3.63) is 29.3 Å². The largest absolute Gasteiger partial charge is 0.372 e. The van der Waals surface area contributed by atoms with E-state index in [0.29, 0.717) is 6.67 Å². The third kappa shape index (κ3) is 2.48. The van der Waals surface area contributed by atoms with Gasteiger partial charge in [0.15, 0.2) is 0 Å². The molecule has 0 fully saturated rings. The molecule has 0 aliphatic rings. The molecule has 0 saturated carbocycles. The Balaban J connectivity index is 3.06. The minimum Gasteiger partial charge on any atom is -0.372 e. The van der Waals surface area contributed by atoms with Crippen molar-refractivity contribution in [2.75, 3.05) is 12.0 Å². The van der Waals surface area contributed by atoms with Crippen molar-refractivity contribution in [2.45, 2.75) is 33.1 Å². The van der Waals surface area contributed by atoms with Crippen LogP contribution in [-0.2, 0) is 5.41 Å². The Labute approximate surface area is 86.5 Å². The zero-order chi connectivity index (χ0) is 10.8. The summed E-state index contributed by atoms with van der Waals surface area (Å²) in [4.78, 5) is 0. The third-order valence-electron chi connectivity index (χ3n) is 2.40. The first kappa shape index (κ1) is 11.1. The minimum absolute atomic E-state index is 0.193. The average molecular weight is 192 g/mol. The van der Waals surface area contributed by atoms with E-state index in [0.717, 1.165) is 5.69 Å². The topological polar surface area (TPSA) is 38.0 Å². The van der Waals surface area contributed by atoms with Gasteiger partial charge in [-0.05, 0) is 29.5 Å². The van der Waals surface area contributed by atoms with E-state index in [2.05, 4.69) is 51.2 Å². The quantitative estimate of drug-likeness (QED) is 0.707. The van der Waals surface area contributed by atoms with Crippen LogP contribution in [0.2, 0.25) is 0 Å². The molecule has 0 atom stereocenters. The Kier molecular flexibility index (Phi) is 3.17. The lowest BCUT2D eigenvalue weighted by atomic mass is 9.86. The van der Waals surface area contributed by atoms with Crippen molar-refractivity contribution in [2.24, 2.45) is 5.73 Å². The van der Waals surface area contributed by atoms with E-state index in [4.69, 9.17) is 5.73 Å². The Bertz CT molecular complexity index is 311. The third-order valence-corrected chi connectivity index (χ3v) is 2.40. The molecular weight excluding hydrogens is 172 g/mol. The van der Waals surface area contributed by atoms with E-state index in [1.807, 2.05) is 0 Å². The molecule has 0 heterocycles. The summed E-state index contributed by atoms with van der Waals surface area (Å²) in [6, 6.07) is 6.50. The first-order valence-corrected chi connectivity index (χ1v) is 5.00. The molecule has 0 aliphatic carbocycles. The molecule has 1 rings (SSSR count). The molecule has 0 spiro atoms. The number of hydrogen-bond donors (Lipinski definition) is 2. The van der Waals surface area contributed by atoms with Gasteiger partial charge < -0.3 is 11.1 Å². The summed E-state index contributed by atoms with van der Waals surface area (Å²) in [5.41, 5.74) is 9.38. The summed E-state index contributed by atoms with van der Waals surface area (Å²) in [7, 11) is 0. The van der Waals surface area contributed by atoms with Crippen LogP contribution in [0.4, 0.5) is 5.69 Å². The molecule has 0 radical (unpaired) electrons. The van der Waals surface area contributed by atoms with Crippen molar-refractivity contribution in [1.29, 1.82) is 0 Å². The van der Waals surface area contributed by atoms with E-state index >= 15 is 0 Å². The van der Waals surface area contributed by atoms with Gasteiger partial charge in [0.2, 0.25) is 0 Å². The fraction of sp³-hybridized carbons (Fsp3) is 0.500. The van der Waals surface area contributed by atoms with Crippen molar-refractivity contribution >= 4 is 5.69 Å². The molecule has 78 valence electrons. The van der Waals surface area contributed by atoms with E-state index in [-0.39, 0.29) is 5.41 Å². The number of nitrogens with one attached hydrogen (secondary N) is 1. The smallest absolute Gasteiger partial charge is 0.0628 e. The van der Waals surface area contributed by atoms with Crippen LogP contribution >= 0.6 is 0 Å². The van der Waals surface area contributed by atoms with E-state index in [9.17, 15) is 0 Å². The van der Waals surface area contributed by atoms with Crippen molar-refractivity contribution in [3.8, 4) is 0 Å². The van der Waals surface area contributed by atoms with E-state index in [1.165, 1.54) is 11.1 Å². The number of rotatable bonds is 2. The van der Waals surface area contributed by atoms with Gasteiger partial charge in [-0.3, -0.25) is 0 Å². The van der Waals surface area contributed by atoms with Gasteiger partial charge in [-0.15, -0.1) is 0 Å². The van der Waals surface area contributed by atoms with Crippen LogP contribution in [0, 0.1) is 6.92 Å². The monoisotopic (exact) mass is 192 g/mol. The SMILES string of the molecule is Cc1ccc(C(C)(C)C)cc1NCN. The maximum Gasteiger partial charge on any atom is 0.0628 e. The molecule has 1 aromatic rings. The van der Waals surface area contributed by atoms with Crippen LogP contribution in [0.3, 0.4) is 0 Å². The van der Waals surface area contributed by atoms with Gasteiger partial charge in [-0.2, -0.15) is 0 Å². The van der Waals surface area contributed by atoms with Crippen molar-refractivity contribution in [3.63, 3.8) is 0 Å². The number of hydrogen-bond acceptors (Lipinski definition) is 2. The molecule has 0 amide bonds. The minimum atomic E-state index is 0.193. The normalized spacial score (nSPS) is 11.5. The molecule has 1 aromatic carbocycles. The average Bonchev–Trinajstić information content (AvgIpc) is 2.07. The maximum atomic E-state index is 5.48. The lowest BCUT2D eigenvalue weighted by molar-refractivity contribution is 0.590. The van der Waals surface area contributed by atoms with Crippen LogP contribution < -0.4 is 11.1 Å². The zero-order valence-corrected chi connectivity index (χ0v) is 9.52. The fourth-order valence-corrected chi connectivity index (χ4v) is 1.39. The molecule has 0 unspecified atom stereocenters. The number of anilines is 1. The number of nitrogens with two attached hydrogens (primary N) is 1. The fourth-order valence-electron chi connectivity index (χ4n) is 1.39. The van der Waals surface area contributed by atoms with Gasteiger partial charge in [0, 0.05) is 5.69 Å². The first-order chi connectivity index (χ1) is 6.45. The molecule has 2 heteroatoms. The Morgan fingerprint density at radius 1 is 1.29 bits per heavy atom. The number of aryl methyl sites for hydroxylation is 1. The summed E-state index contributed by atoms with van der Waals surface area (Å²) in [5, 5.41) is 3.17. The number of benzene rings is 1. The van der Waals surface area contributed by atoms with E-state index in [1.54, 1.807) is 0 Å². The van der Waals surface area contributed by atoms with Gasteiger partial charge in [0.1, 0.15) is 0 Å². The highest BCUT2D eigenvalue weighted by Gasteiger charge is 2.14. The van der Waals surface area contributed by atoms with Gasteiger partial charge in [0.25, 0.3) is 0 Å². The molecule has 0 aromatic heterocycles. The van der Waals surface area contributed by atoms with Gasteiger partial charge in [-0.1, -0.05) is 32.9 Å². The maximum absolute atomic E-state index is 5.48. The molecule has 14 heavy (non-hydrogen) atoms. The molecule has 0 aliphatic heterocycles. The van der Waals surface area contributed by atoms with Crippen molar-refractivity contribution < 1.29 is 0 Å². The van der Waals surface area contributed by atoms with Crippen molar-refractivity contribution in [1.82, 2.24) is 0 Å². The van der Waals surface area contributed by atoms with Gasteiger partial charge >= 0.3 is 0 Å². The highest BCUT2D eigenvalue weighted by atomic mass is 15.0. The zero-order valence-electron chi connectivity index (χ0n) is 9.52. The van der Waals surface area contributed by atoms with Crippen LogP contribution in [0.5, 0.6) is 0 Å². The summed E-state index contributed by atoms with van der Waals surface area (Å²) < 4.78 is 0. The summed E-state index contributed by atoms with van der Waals surface area (Å²) in [6.07, 6.45) is 0. The summed E-state index contributed by atoms with van der Waals surface area (Å²) >= 11 is 0. The van der Waals surface area contributed by atoms with E-state index < -0.39 is 0 Å². The molecule has 0 bridgehead atoms. The van der Waals surface area contributed by atoms with Crippen LogP contribution in [0.1, 0.15) is 31.9 Å². The molecule has 2 nitrogen and oxygen atoms in total. The lowest BCUT2D eigenvalue weighted by Gasteiger charge is -2.21. The van der Waals surface area contributed by atoms with Crippen LogP contribution in [0.25, 0.3) is 0 Å². The summed E-state index contributed by atoms with van der Waals surface area (Å²) in [5.74, 6) is 0. The van der Waals surface area contributed by atoms with Crippen LogP contribution in [0.15, 0.2) is 18.2 Å².